The SMILES string of the molecule is C1CCC2CCCC[C-]2C1.[I-].[Mg+2]. The summed E-state index contributed by atoms with van der Waals surface area (Å²) in [4.78, 5) is 0. The van der Waals surface area contributed by atoms with Crippen molar-refractivity contribution in [1.82, 2.24) is 0 Å². The minimum absolute atomic E-state index is 0. The fraction of sp³-hybridized carbons (Fsp3) is 0.900. The van der Waals surface area contributed by atoms with Crippen LogP contribution in [0.25, 0.3) is 0 Å². The molecule has 0 N–H and O–H groups in total. The van der Waals surface area contributed by atoms with Crippen LogP contribution in [0.4, 0.5) is 0 Å². The van der Waals surface area contributed by atoms with E-state index in [9.17, 15) is 0 Å². The molecule has 2 saturated carbocycles. The average Bonchev–Trinajstić information content (AvgIpc) is 2.05. The second-order valence-corrected chi connectivity index (χ2v) is 3.85. The van der Waals surface area contributed by atoms with Crippen LogP contribution < -0.4 is 24.0 Å². The fourth-order valence-corrected chi connectivity index (χ4v) is 2.57. The van der Waals surface area contributed by atoms with Gasteiger partial charge in [-0.15, -0.1) is 0 Å². The minimum Gasteiger partial charge on any atom is -1.00 e. The van der Waals surface area contributed by atoms with Crippen LogP contribution in [0.15, 0.2) is 0 Å². The molecule has 0 unspecified atom stereocenters. The summed E-state index contributed by atoms with van der Waals surface area (Å²) in [6.45, 7) is 0. The molecule has 0 nitrogen and oxygen atoms in total. The molecule has 0 bridgehead atoms. The van der Waals surface area contributed by atoms with Crippen LogP contribution in [0.1, 0.15) is 51.4 Å². The number of rotatable bonds is 0. The molecule has 2 heteroatoms. The van der Waals surface area contributed by atoms with Crippen LogP contribution in [0.3, 0.4) is 0 Å². The van der Waals surface area contributed by atoms with Crippen LogP contribution in [0, 0.1) is 11.8 Å². The molecule has 0 aromatic heterocycles. The van der Waals surface area contributed by atoms with Crippen molar-refractivity contribution in [2.45, 2.75) is 51.4 Å². The molecular formula is C10H17IMg. The third-order valence-electron chi connectivity index (χ3n) is 3.18. The maximum Gasteiger partial charge on any atom is 2.00 e. The minimum atomic E-state index is 0. The predicted molar refractivity (Wildman–Crippen MR) is 49.4 cm³/mol. The van der Waals surface area contributed by atoms with Crippen molar-refractivity contribution in [1.29, 1.82) is 0 Å². The molecule has 12 heavy (non-hydrogen) atoms. The molecule has 0 amide bonds. The summed E-state index contributed by atoms with van der Waals surface area (Å²) in [5.74, 6) is 3.00. The Bertz CT molecular complexity index is 90.4. The first-order valence-electron chi connectivity index (χ1n) is 4.81. The first-order valence-corrected chi connectivity index (χ1v) is 4.81. The van der Waals surface area contributed by atoms with Gasteiger partial charge in [-0.25, -0.2) is 0 Å². The Hall–Kier alpha value is 1.50. The number of fused-ring (bicyclic) bond motifs is 1. The van der Waals surface area contributed by atoms with E-state index >= 15 is 0 Å². The second kappa shape index (κ2) is 6.88. The molecule has 66 valence electrons. The van der Waals surface area contributed by atoms with E-state index in [1.165, 1.54) is 51.4 Å². The summed E-state index contributed by atoms with van der Waals surface area (Å²) in [6.07, 6.45) is 12.0. The molecule has 0 radical (unpaired) electrons. The third-order valence-corrected chi connectivity index (χ3v) is 3.18. The van der Waals surface area contributed by atoms with Gasteiger partial charge < -0.3 is 29.9 Å². The molecule has 2 aliphatic rings. The molecule has 2 fully saturated rings. The third kappa shape index (κ3) is 3.33. The maximum atomic E-state index is 1.93. The first kappa shape index (κ1) is 13.5. The molecular weight excluding hydrogens is 271 g/mol. The molecule has 0 saturated heterocycles. The van der Waals surface area contributed by atoms with E-state index in [1.807, 2.05) is 5.92 Å². The average molecular weight is 288 g/mol. The number of hydrogen-bond donors (Lipinski definition) is 0. The summed E-state index contributed by atoms with van der Waals surface area (Å²) < 4.78 is 0. The van der Waals surface area contributed by atoms with Crippen molar-refractivity contribution in [2.24, 2.45) is 5.92 Å². The molecule has 0 atom stereocenters. The number of halogens is 1. The van der Waals surface area contributed by atoms with E-state index in [0.29, 0.717) is 0 Å². The molecule has 2 rings (SSSR count). The van der Waals surface area contributed by atoms with Gasteiger partial charge in [0.05, 0.1) is 0 Å². The van der Waals surface area contributed by atoms with Crippen molar-refractivity contribution in [2.75, 3.05) is 0 Å². The molecule has 0 aromatic carbocycles. The zero-order valence-corrected chi connectivity index (χ0v) is 11.4. The quantitative estimate of drug-likeness (QED) is 0.333. The molecule has 0 aliphatic heterocycles. The molecule has 0 aromatic rings. The smallest absolute Gasteiger partial charge is 1.00 e. The van der Waals surface area contributed by atoms with E-state index < -0.39 is 0 Å². The normalized spacial score (nSPS) is 25.0. The predicted octanol–water partition coefficient (Wildman–Crippen LogP) is -0.0517. The van der Waals surface area contributed by atoms with Gasteiger partial charge in [-0.3, -0.25) is 0 Å². The second-order valence-electron chi connectivity index (χ2n) is 3.85. The standard InChI is InChI=1S/C10H17.HI.Mg/c1-2-6-10-8-4-3-7-9(10)5-1;;/h9H,1-8H2;1H;/q-1;;+2/p-1. The van der Waals surface area contributed by atoms with Crippen molar-refractivity contribution >= 4 is 23.1 Å². The van der Waals surface area contributed by atoms with Crippen molar-refractivity contribution < 1.29 is 24.0 Å². The summed E-state index contributed by atoms with van der Waals surface area (Å²) in [5.41, 5.74) is 0. The van der Waals surface area contributed by atoms with Crippen LogP contribution in [-0.2, 0) is 0 Å². The van der Waals surface area contributed by atoms with Gasteiger partial charge in [0.1, 0.15) is 0 Å². The molecule has 0 spiro atoms. The van der Waals surface area contributed by atoms with E-state index in [-0.39, 0.29) is 47.0 Å². The van der Waals surface area contributed by atoms with Gasteiger partial charge in [-0.05, 0) is 0 Å². The Labute approximate surface area is 109 Å². The summed E-state index contributed by atoms with van der Waals surface area (Å²) in [7, 11) is 0. The Morgan fingerprint density at radius 3 is 1.75 bits per heavy atom. The van der Waals surface area contributed by atoms with E-state index in [4.69, 9.17) is 0 Å². The Morgan fingerprint density at radius 1 is 0.833 bits per heavy atom. The van der Waals surface area contributed by atoms with E-state index in [0.717, 1.165) is 5.92 Å². The van der Waals surface area contributed by atoms with Crippen molar-refractivity contribution in [3.05, 3.63) is 5.92 Å². The maximum absolute atomic E-state index is 1.93. The monoisotopic (exact) mass is 288 g/mol. The Balaban J connectivity index is 0.000000605. The van der Waals surface area contributed by atoms with Gasteiger partial charge >= 0.3 is 23.1 Å². The van der Waals surface area contributed by atoms with Gasteiger partial charge in [0.15, 0.2) is 0 Å². The van der Waals surface area contributed by atoms with Crippen LogP contribution in [0.5, 0.6) is 0 Å². The van der Waals surface area contributed by atoms with Gasteiger partial charge in [-0.1, -0.05) is 38.5 Å². The molecule has 0 heterocycles. The van der Waals surface area contributed by atoms with Crippen molar-refractivity contribution in [3.63, 3.8) is 0 Å². The Morgan fingerprint density at radius 2 is 1.33 bits per heavy atom. The zero-order valence-electron chi connectivity index (χ0n) is 7.82. The fourth-order valence-electron chi connectivity index (χ4n) is 2.57. The number of hydrogen-bond acceptors (Lipinski definition) is 0. The van der Waals surface area contributed by atoms with Gasteiger partial charge in [0.2, 0.25) is 0 Å². The van der Waals surface area contributed by atoms with Crippen LogP contribution >= 0.6 is 0 Å². The van der Waals surface area contributed by atoms with E-state index in [1.54, 1.807) is 0 Å². The Kier molecular flexibility index (Phi) is 7.74. The zero-order chi connectivity index (χ0) is 6.81. The summed E-state index contributed by atoms with van der Waals surface area (Å²) >= 11 is 0. The first-order chi connectivity index (χ1) is 4.97. The van der Waals surface area contributed by atoms with Crippen molar-refractivity contribution in [3.8, 4) is 0 Å². The summed E-state index contributed by atoms with van der Waals surface area (Å²) in [6, 6.07) is 0. The van der Waals surface area contributed by atoms with Gasteiger partial charge in [-0.2, -0.15) is 18.8 Å². The largest absolute Gasteiger partial charge is 2.00 e. The molecule has 2 aliphatic carbocycles. The van der Waals surface area contributed by atoms with Gasteiger partial charge in [0.25, 0.3) is 0 Å². The van der Waals surface area contributed by atoms with Crippen LogP contribution in [-0.4, -0.2) is 23.1 Å². The topological polar surface area (TPSA) is 0 Å². The van der Waals surface area contributed by atoms with Gasteiger partial charge in [0, 0.05) is 0 Å². The van der Waals surface area contributed by atoms with E-state index in [2.05, 4.69) is 0 Å². The van der Waals surface area contributed by atoms with Crippen LogP contribution in [0.2, 0.25) is 0 Å². The summed E-state index contributed by atoms with van der Waals surface area (Å²) in [5, 5.41) is 0.